The van der Waals surface area contributed by atoms with Gasteiger partial charge in [0.15, 0.2) is 5.76 Å². The first kappa shape index (κ1) is 13.1. The first-order valence-electron chi connectivity index (χ1n) is 6.48. The molecule has 6 nitrogen and oxygen atoms in total. The molecule has 0 aliphatic carbocycles. The van der Waals surface area contributed by atoms with Crippen LogP contribution in [0.25, 0.3) is 22.7 Å². The fraction of sp³-hybridized carbons (Fsp3) is 0.133. The highest BCUT2D eigenvalue weighted by Gasteiger charge is 2.12. The number of benzene rings is 1. The molecule has 0 saturated carbocycles. The lowest BCUT2D eigenvalue weighted by Gasteiger charge is -2.10. The van der Waals surface area contributed by atoms with Gasteiger partial charge in [0, 0.05) is 31.8 Å². The van der Waals surface area contributed by atoms with E-state index in [2.05, 4.69) is 15.1 Å². The molecular formula is C15H15N5O. The summed E-state index contributed by atoms with van der Waals surface area (Å²) < 4.78 is 5.38. The summed E-state index contributed by atoms with van der Waals surface area (Å²) in [5.74, 6) is 1.48. The Morgan fingerprint density at radius 2 is 1.76 bits per heavy atom. The summed E-state index contributed by atoms with van der Waals surface area (Å²) in [7, 11) is 3.71. The van der Waals surface area contributed by atoms with Crippen molar-refractivity contribution in [3.05, 3.63) is 42.5 Å². The number of nitrogens with two attached hydrogens (primary N) is 1. The second-order valence-corrected chi connectivity index (χ2v) is 4.81. The fourth-order valence-corrected chi connectivity index (χ4v) is 1.92. The van der Waals surface area contributed by atoms with Crippen LogP contribution in [-0.2, 0) is 0 Å². The molecular weight excluding hydrogens is 266 g/mol. The maximum Gasteiger partial charge on any atom is 0.227 e. The van der Waals surface area contributed by atoms with Gasteiger partial charge in [-0.25, -0.2) is 4.98 Å². The number of nitrogen functional groups attached to an aromatic ring is 1. The molecule has 0 aliphatic heterocycles. The van der Waals surface area contributed by atoms with Gasteiger partial charge in [0.1, 0.15) is 17.2 Å². The normalized spacial score (nSPS) is 10.6. The molecule has 1 aromatic carbocycles. The number of hydrogen-bond acceptors (Lipinski definition) is 6. The highest BCUT2D eigenvalue weighted by molar-refractivity contribution is 5.66. The van der Waals surface area contributed by atoms with E-state index >= 15 is 0 Å². The van der Waals surface area contributed by atoms with Gasteiger partial charge >= 0.3 is 0 Å². The van der Waals surface area contributed by atoms with E-state index in [1.165, 1.54) is 0 Å². The lowest BCUT2D eigenvalue weighted by molar-refractivity contribution is 0.433. The molecule has 21 heavy (non-hydrogen) atoms. The van der Waals surface area contributed by atoms with Gasteiger partial charge < -0.3 is 15.2 Å². The molecule has 2 heterocycles. The van der Waals surface area contributed by atoms with Crippen molar-refractivity contribution >= 4 is 11.8 Å². The topological polar surface area (TPSA) is 81.1 Å². The molecule has 6 heteroatoms. The predicted molar refractivity (Wildman–Crippen MR) is 81.7 cm³/mol. The van der Waals surface area contributed by atoms with Crippen LogP contribution in [0, 0.1) is 0 Å². The van der Waals surface area contributed by atoms with Gasteiger partial charge in [0.2, 0.25) is 5.95 Å². The van der Waals surface area contributed by atoms with Crippen LogP contribution in [0.3, 0.4) is 0 Å². The largest absolute Gasteiger partial charge is 0.384 e. The molecule has 2 aromatic heterocycles. The second kappa shape index (κ2) is 5.24. The van der Waals surface area contributed by atoms with Crippen molar-refractivity contribution in [2.75, 3.05) is 24.7 Å². The molecule has 106 valence electrons. The third-order valence-corrected chi connectivity index (χ3v) is 2.97. The zero-order valence-corrected chi connectivity index (χ0v) is 11.8. The van der Waals surface area contributed by atoms with Gasteiger partial charge in [0.25, 0.3) is 0 Å². The summed E-state index contributed by atoms with van der Waals surface area (Å²) in [4.78, 5) is 10.4. The van der Waals surface area contributed by atoms with Crippen LogP contribution in [0.4, 0.5) is 11.8 Å². The molecule has 0 fully saturated rings. The Kier molecular flexibility index (Phi) is 3.27. The van der Waals surface area contributed by atoms with Gasteiger partial charge in [-0.3, -0.25) is 0 Å². The molecule has 0 amide bonds. The Morgan fingerprint density at radius 1 is 1.00 bits per heavy atom. The molecule has 0 aliphatic rings. The Bertz CT molecular complexity index is 752. The minimum Gasteiger partial charge on any atom is -0.384 e. The standard InChI is InChI=1S/C15H15N5O/c1-20(2)15-17-12(9-14(16)18-15)13-8-11(19-21-13)10-6-4-3-5-7-10/h3-9H,1-2H3,(H2,16,17,18). The summed E-state index contributed by atoms with van der Waals surface area (Å²) in [6.07, 6.45) is 0. The van der Waals surface area contributed by atoms with Crippen molar-refractivity contribution < 1.29 is 4.52 Å². The van der Waals surface area contributed by atoms with Crippen LogP contribution in [-0.4, -0.2) is 29.2 Å². The molecule has 0 bridgehead atoms. The molecule has 2 N–H and O–H groups in total. The smallest absolute Gasteiger partial charge is 0.227 e. The van der Waals surface area contributed by atoms with E-state index < -0.39 is 0 Å². The van der Waals surface area contributed by atoms with Gasteiger partial charge in [-0.2, -0.15) is 4.98 Å². The van der Waals surface area contributed by atoms with Crippen molar-refractivity contribution in [3.8, 4) is 22.7 Å². The van der Waals surface area contributed by atoms with E-state index in [-0.39, 0.29) is 0 Å². The Hall–Kier alpha value is -2.89. The molecule has 0 radical (unpaired) electrons. The van der Waals surface area contributed by atoms with Crippen LogP contribution in [0.5, 0.6) is 0 Å². The van der Waals surface area contributed by atoms with Crippen molar-refractivity contribution in [1.29, 1.82) is 0 Å². The number of hydrogen-bond donors (Lipinski definition) is 1. The number of aromatic nitrogens is 3. The first-order valence-corrected chi connectivity index (χ1v) is 6.48. The van der Waals surface area contributed by atoms with E-state index in [1.807, 2.05) is 50.5 Å². The molecule has 3 rings (SSSR count). The summed E-state index contributed by atoms with van der Waals surface area (Å²) >= 11 is 0. The monoisotopic (exact) mass is 281 g/mol. The summed E-state index contributed by atoms with van der Waals surface area (Å²) in [5, 5.41) is 4.08. The summed E-state index contributed by atoms with van der Waals surface area (Å²) in [6, 6.07) is 13.3. The maximum absolute atomic E-state index is 5.81. The highest BCUT2D eigenvalue weighted by atomic mass is 16.5. The van der Waals surface area contributed by atoms with Crippen molar-refractivity contribution in [2.45, 2.75) is 0 Å². The van der Waals surface area contributed by atoms with E-state index in [1.54, 1.807) is 11.0 Å². The van der Waals surface area contributed by atoms with Gasteiger partial charge in [-0.1, -0.05) is 35.5 Å². The van der Waals surface area contributed by atoms with E-state index in [9.17, 15) is 0 Å². The number of anilines is 2. The fourth-order valence-electron chi connectivity index (χ4n) is 1.92. The second-order valence-electron chi connectivity index (χ2n) is 4.81. The first-order chi connectivity index (χ1) is 10.1. The Morgan fingerprint density at radius 3 is 2.48 bits per heavy atom. The van der Waals surface area contributed by atoms with Crippen molar-refractivity contribution in [1.82, 2.24) is 15.1 Å². The summed E-state index contributed by atoms with van der Waals surface area (Å²) in [5.41, 5.74) is 8.17. The minimum absolute atomic E-state index is 0.390. The lowest BCUT2D eigenvalue weighted by Crippen LogP contribution is -2.13. The Balaban J connectivity index is 2.00. The van der Waals surface area contributed by atoms with Crippen LogP contribution in [0.15, 0.2) is 47.0 Å². The van der Waals surface area contributed by atoms with Crippen LogP contribution >= 0.6 is 0 Å². The average molecular weight is 281 g/mol. The van der Waals surface area contributed by atoms with Gasteiger partial charge in [-0.15, -0.1) is 0 Å². The van der Waals surface area contributed by atoms with E-state index in [0.717, 1.165) is 11.3 Å². The van der Waals surface area contributed by atoms with Crippen molar-refractivity contribution in [3.63, 3.8) is 0 Å². The SMILES string of the molecule is CN(C)c1nc(N)cc(-c2cc(-c3ccccc3)no2)n1. The van der Waals surface area contributed by atoms with Gasteiger partial charge in [0.05, 0.1) is 0 Å². The van der Waals surface area contributed by atoms with E-state index in [0.29, 0.717) is 23.2 Å². The molecule has 0 atom stereocenters. The van der Waals surface area contributed by atoms with Crippen molar-refractivity contribution in [2.24, 2.45) is 0 Å². The van der Waals surface area contributed by atoms with Crippen LogP contribution < -0.4 is 10.6 Å². The Labute approximate surface area is 122 Å². The van der Waals surface area contributed by atoms with Crippen LogP contribution in [0.2, 0.25) is 0 Å². The molecule has 0 unspecified atom stereocenters. The third kappa shape index (κ3) is 2.69. The zero-order chi connectivity index (χ0) is 14.8. The molecule has 0 saturated heterocycles. The zero-order valence-electron chi connectivity index (χ0n) is 11.8. The molecule has 3 aromatic rings. The predicted octanol–water partition coefficient (Wildman–Crippen LogP) is 2.45. The van der Waals surface area contributed by atoms with Crippen LogP contribution in [0.1, 0.15) is 0 Å². The highest BCUT2D eigenvalue weighted by Crippen LogP contribution is 2.26. The average Bonchev–Trinajstić information content (AvgIpc) is 2.97. The number of rotatable bonds is 3. The van der Waals surface area contributed by atoms with E-state index in [4.69, 9.17) is 10.3 Å². The summed E-state index contributed by atoms with van der Waals surface area (Å²) in [6.45, 7) is 0. The molecule has 0 spiro atoms. The lowest BCUT2D eigenvalue weighted by atomic mass is 10.1. The van der Waals surface area contributed by atoms with Gasteiger partial charge in [-0.05, 0) is 0 Å². The quantitative estimate of drug-likeness (QED) is 0.794. The maximum atomic E-state index is 5.81. The minimum atomic E-state index is 0.390. The number of nitrogens with zero attached hydrogens (tertiary/aromatic N) is 4. The third-order valence-electron chi connectivity index (χ3n) is 2.97.